The number of nitrogens with one attached hydrogen (secondary N) is 1. The molecule has 0 spiro atoms. The Balaban J connectivity index is 2.54. The van der Waals surface area contributed by atoms with Gasteiger partial charge in [0.05, 0.1) is 6.54 Å². The zero-order chi connectivity index (χ0) is 14.4. The molecule has 1 aromatic rings. The Kier molecular flexibility index (Phi) is 6.30. The van der Waals surface area contributed by atoms with Crippen LogP contribution in [-0.2, 0) is 11.3 Å². The van der Waals surface area contributed by atoms with Crippen LogP contribution in [0.4, 0.5) is 4.79 Å². The second-order valence-corrected chi connectivity index (χ2v) is 6.13. The van der Waals surface area contributed by atoms with E-state index in [1.165, 1.54) is 4.90 Å². The molecule has 1 aromatic heterocycles. The van der Waals surface area contributed by atoms with Gasteiger partial charge in [-0.05, 0) is 28.4 Å². The lowest BCUT2D eigenvalue weighted by Crippen LogP contribution is -2.46. The van der Waals surface area contributed by atoms with E-state index in [9.17, 15) is 9.59 Å². The van der Waals surface area contributed by atoms with Crippen LogP contribution < -0.4 is 5.32 Å². The number of hydrogen-bond acceptors (Lipinski definition) is 3. The van der Waals surface area contributed by atoms with E-state index in [2.05, 4.69) is 21.2 Å². The Bertz CT molecular complexity index is 450. The van der Waals surface area contributed by atoms with E-state index in [-0.39, 0.29) is 6.03 Å². The second kappa shape index (κ2) is 7.49. The van der Waals surface area contributed by atoms with Gasteiger partial charge < -0.3 is 15.3 Å². The molecule has 0 bridgehead atoms. The summed E-state index contributed by atoms with van der Waals surface area (Å²) in [5, 5.41) is 13.5. The third kappa shape index (κ3) is 5.20. The Labute approximate surface area is 124 Å². The van der Waals surface area contributed by atoms with Gasteiger partial charge in [0.2, 0.25) is 0 Å². The van der Waals surface area contributed by atoms with Crippen LogP contribution >= 0.6 is 27.3 Å². The molecule has 7 heteroatoms. The third-order valence-corrected chi connectivity index (χ3v) is 4.22. The van der Waals surface area contributed by atoms with Gasteiger partial charge in [-0.15, -0.1) is 11.3 Å². The average molecular weight is 349 g/mol. The number of carbonyl (C=O) groups excluding carboxylic acids is 1. The zero-order valence-corrected chi connectivity index (χ0v) is 13.3. The maximum absolute atomic E-state index is 11.9. The first-order valence-corrected chi connectivity index (χ1v) is 7.58. The Morgan fingerprint density at radius 3 is 2.74 bits per heavy atom. The number of rotatable bonds is 6. The standard InChI is InChI=1S/C12H17BrN2O3S/c1-3-4-10(11(16)17)14-12(18)15(2)6-9-5-8(13)7-19-9/h5,7,10H,3-4,6H2,1-2H3,(H,14,18)(H,16,17)/t10-/m0/s1. The summed E-state index contributed by atoms with van der Waals surface area (Å²) in [6.45, 7) is 2.34. The van der Waals surface area contributed by atoms with Crippen LogP contribution in [0.15, 0.2) is 15.9 Å². The molecule has 2 amide bonds. The number of carboxylic acid groups (broad SMARTS) is 1. The summed E-state index contributed by atoms with van der Waals surface area (Å²) < 4.78 is 0.982. The fraction of sp³-hybridized carbons (Fsp3) is 0.500. The summed E-state index contributed by atoms with van der Waals surface area (Å²) in [6, 6.07) is 0.746. The topological polar surface area (TPSA) is 69.6 Å². The van der Waals surface area contributed by atoms with Gasteiger partial charge in [-0.25, -0.2) is 9.59 Å². The summed E-state index contributed by atoms with van der Waals surface area (Å²) in [7, 11) is 1.65. The molecule has 5 nitrogen and oxygen atoms in total. The number of carboxylic acids is 1. The van der Waals surface area contributed by atoms with Gasteiger partial charge in [-0.1, -0.05) is 13.3 Å². The third-order valence-electron chi connectivity index (χ3n) is 2.53. The van der Waals surface area contributed by atoms with Crippen LogP contribution in [0.1, 0.15) is 24.6 Å². The maximum atomic E-state index is 11.9. The fourth-order valence-corrected chi connectivity index (χ4v) is 3.05. The summed E-state index contributed by atoms with van der Waals surface area (Å²) in [5.74, 6) is -0.998. The Morgan fingerprint density at radius 2 is 2.26 bits per heavy atom. The lowest BCUT2D eigenvalue weighted by molar-refractivity contribution is -0.139. The smallest absolute Gasteiger partial charge is 0.326 e. The Hall–Kier alpha value is -1.08. The number of aliphatic carboxylic acids is 1. The van der Waals surface area contributed by atoms with E-state index in [1.807, 2.05) is 18.4 Å². The van der Waals surface area contributed by atoms with Crippen molar-refractivity contribution in [3.8, 4) is 0 Å². The van der Waals surface area contributed by atoms with Crippen molar-refractivity contribution in [3.63, 3.8) is 0 Å². The number of amides is 2. The lowest BCUT2D eigenvalue weighted by atomic mass is 10.2. The van der Waals surface area contributed by atoms with Crippen molar-refractivity contribution in [2.75, 3.05) is 7.05 Å². The van der Waals surface area contributed by atoms with Crippen LogP contribution in [0, 0.1) is 0 Å². The van der Waals surface area contributed by atoms with Gasteiger partial charge in [0.1, 0.15) is 6.04 Å². The molecule has 0 saturated carbocycles. The molecular formula is C12H17BrN2O3S. The molecule has 0 aliphatic carbocycles. The first kappa shape index (κ1) is 16.0. The van der Waals surface area contributed by atoms with Gasteiger partial charge in [-0.2, -0.15) is 0 Å². The highest BCUT2D eigenvalue weighted by Crippen LogP contribution is 2.20. The average Bonchev–Trinajstić information content (AvgIpc) is 2.73. The minimum absolute atomic E-state index is 0.370. The van der Waals surface area contributed by atoms with Gasteiger partial charge in [-0.3, -0.25) is 0 Å². The number of carbonyl (C=O) groups is 2. The SMILES string of the molecule is CCC[C@H](NC(=O)N(C)Cc1cc(Br)cs1)C(=O)O. The zero-order valence-electron chi connectivity index (χ0n) is 10.9. The first-order chi connectivity index (χ1) is 8.93. The van der Waals surface area contributed by atoms with E-state index in [0.29, 0.717) is 19.4 Å². The minimum Gasteiger partial charge on any atom is -0.480 e. The van der Waals surface area contributed by atoms with E-state index in [1.54, 1.807) is 18.4 Å². The molecule has 1 heterocycles. The highest BCUT2D eigenvalue weighted by atomic mass is 79.9. The van der Waals surface area contributed by atoms with Crippen LogP contribution in [0.3, 0.4) is 0 Å². The summed E-state index contributed by atoms with van der Waals surface area (Å²) in [6.07, 6.45) is 1.14. The van der Waals surface area contributed by atoms with Crippen molar-refractivity contribution >= 4 is 39.3 Å². The molecule has 19 heavy (non-hydrogen) atoms. The number of thiophene rings is 1. The molecule has 2 N–H and O–H groups in total. The number of nitrogens with zero attached hydrogens (tertiary/aromatic N) is 1. The quantitative estimate of drug-likeness (QED) is 0.830. The molecule has 0 saturated heterocycles. The minimum atomic E-state index is -0.998. The van der Waals surface area contributed by atoms with Crippen molar-refractivity contribution in [2.24, 2.45) is 0 Å². The number of halogens is 1. The van der Waals surface area contributed by atoms with Crippen LogP contribution in [-0.4, -0.2) is 35.1 Å². The molecule has 1 atom stereocenters. The largest absolute Gasteiger partial charge is 0.480 e. The van der Waals surface area contributed by atoms with Crippen LogP contribution in [0.25, 0.3) is 0 Å². The van der Waals surface area contributed by atoms with E-state index < -0.39 is 12.0 Å². The molecule has 0 aliphatic heterocycles. The second-order valence-electron chi connectivity index (χ2n) is 4.22. The molecule has 1 rings (SSSR count). The normalized spacial score (nSPS) is 11.9. The van der Waals surface area contributed by atoms with Crippen molar-refractivity contribution < 1.29 is 14.7 Å². The highest BCUT2D eigenvalue weighted by Gasteiger charge is 2.20. The fourth-order valence-electron chi connectivity index (χ4n) is 1.55. The predicted octanol–water partition coefficient (Wildman–Crippen LogP) is 2.91. The molecule has 0 unspecified atom stereocenters. The maximum Gasteiger partial charge on any atom is 0.326 e. The Morgan fingerprint density at radius 1 is 1.58 bits per heavy atom. The van der Waals surface area contributed by atoms with Gasteiger partial charge in [0.25, 0.3) is 0 Å². The molecule has 0 aliphatic rings. The molecule has 106 valence electrons. The van der Waals surface area contributed by atoms with E-state index >= 15 is 0 Å². The first-order valence-electron chi connectivity index (χ1n) is 5.91. The van der Waals surface area contributed by atoms with Crippen molar-refractivity contribution in [3.05, 3.63) is 20.8 Å². The monoisotopic (exact) mass is 348 g/mol. The van der Waals surface area contributed by atoms with Crippen LogP contribution in [0.5, 0.6) is 0 Å². The van der Waals surface area contributed by atoms with Gasteiger partial charge >= 0.3 is 12.0 Å². The van der Waals surface area contributed by atoms with Gasteiger partial charge in [0, 0.05) is 21.8 Å². The summed E-state index contributed by atoms with van der Waals surface area (Å²) >= 11 is 4.90. The van der Waals surface area contributed by atoms with Gasteiger partial charge in [0.15, 0.2) is 0 Å². The summed E-state index contributed by atoms with van der Waals surface area (Å²) in [4.78, 5) is 25.4. The van der Waals surface area contributed by atoms with Crippen molar-refractivity contribution in [1.82, 2.24) is 10.2 Å². The van der Waals surface area contributed by atoms with Crippen LogP contribution in [0.2, 0.25) is 0 Å². The summed E-state index contributed by atoms with van der Waals surface area (Å²) in [5.41, 5.74) is 0. The number of urea groups is 1. The number of hydrogen-bond donors (Lipinski definition) is 2. The van der Waals surface area contributed by atoms with Crippen molar-refractivity contribution in [2.45, 2.75) is 32.4 Å². The molecular weight excluding hydrogens is 332 g/mol. The van der Waals surface area contributed by atoms with E-state index in [4.69, 9.17) is 5.11 Å². The predicted molar refractivity (Wildman–Crippen MR) is 78.3 cm³/mol. The lowest BCUT2D eigenvalue weighted by Gasteiger charge is -2.20. The highest BCUT2D eigenvalue weighted by molar-refractivity contribution is 9.10. The van der Waals surface area contributed by atoms with E-state index in [0.717, 1.165) is 9.35 Å². The molecule has 0 aromatic carbocycles. The molecule has 0 fully saturated rings. The van der Waals surface area contributed by atoms with Crippen molar-refractivity contribution in [1.29, 1.82) is 0 Å². The molecule has 0 radical (unpaired) electrons.